The number of hydrogen-bond acceptors (Lipinski definition) is 6. The Bertz CT molecular complexity index is 396. The smallest absolute Gasteiger partial charge is 0.185 e. The van der Waals surface area contributed by atoms with Gasteiger partial charge in [-0.05, 0) is 21.0 Å². The first-order valence-corrected chi connectivity index (χ1v) is 7.70. The van der Waals surface area contributed by atoms with E-state index in [9.17, 15) is 0 Å². The lowest BCUT2D eigenvalue weighted by Gasteiger charge is -2.35. The second kappa shape index (κ2) is 6.65. The SMILES string of the molecule is Cc1nc(N2CCN(CCN(C)C)CC2)sc1CN. The van der Waals surface area contributed by atoms with Crippen LogP contribution in [0, 0.1) is 6.92 Å². The van der Waals surface area contributed by atoms with Crippen molar-refractivity contribution in [3.63, 3.8) is 0 Å². The van der Waals surface area contributed by atoms with Crippen LogP contribution in [0.4, 0.5) is 5.13 Å². The quantitative estimate of drug-likeness (QED) is 0.857. The monoisotopic (exact) mass is 283 g/mol. The van der Waals surface area contributed by atoms with Crippen molar-refractivity contribution in [2.24, 2.45) is 5.73 Å². The van der Waals surface area contributed by atoms with Crippen molar-refractivity contribution >= 4 is 16.5 Å². The molecule has 0 bridgehead atoms. The molecule has 2 rings (SSSR count). The van der Waals surface area contributed by atoms with E-state index in [1.54, 1.807) is 11.3 Å². The minimum absolute atomic E-state index is 0.603. The molecule has 1 aromatic rings. The molecule has 0 amide bonds. The number of piperazine rings is 1. The molecule has 0 unspecified atom stereocenters. The highest BCUT2D eigenvalue weighted by Crippen LogP contribution is 2.26. The predicted molar refractivity (Wildman–Crippen MR) is 81.9 cm³/mol. The summed E-state index contributed by atoms with van der Waals surface area (Å²) >= 11 is 1.75. The summed E-state index contributed by atoms with van der Waals surface area (Å²) in [7, 11) is 4.26. The molecule has 0 spiro atoms. The maximum Gasteiger partial charge on any atom is 0.185 e. The number of aryl methyl sites for hydroxylation is 1. The second-order valence-corrected chi connectivity index (χ2v) is 6.40. The number of nitrogens with two attached hydrogens (primary N) is 1. The van der Waals surface area contributed by atoms with E-state index >= 15 is 0 Å². The summed E-state index contributed by atoms with van der Waals surface area (Å²) in [6, 6.07) is 0. The molecule has 1 aliphatic rings. The Morgan fingerprint density at radius 2 is 1.95 bits per heavy atom. The summed E-state index contributed by atoms with van der Waals surface area (Å²) in [5.41, 5.74) is 6.82. The molecule has 0 aromatic carbocycles. The molecule has 1 aromatic heterocycles. The third-order valence-electron chi connectivity index (χ3n) is 3.57. The Labute approximate surface area is 120 Å². The first kappa shape index (κ1) is 14.7. The van der Waals surface area contributed by atoms with Crippen molar-refractivity contribution in [1.29, 1.82) is 0 Å². The van der Waals surface area contributed by atoms with E-state index < -0.39 is 0 Å². The molecular formula is C13H25N5S. The van der Waals surface area contributed by atoms with Crippen LogP contribution in [0.3, 0.4) is 0 Å². The lowest BCUT2D eigenvalue weighted by molar-refractivity contribution is 0.229. The molecule has 0 saturated carbocycles. The first-order valence-electron chi connectivity index (χ1n) is 6.88. The van der Waals surface area contributed by atoms with Gasteiger partial charge in [-0.2, -0.15) is 0 Å². The highest BCUT2D eigenvalue weighted by atomic mass is 32.1. The fourth-order valence-corrected chi connectivity index (χ4v) is 3.23. The molecule has 19 heavy (non-hydrogen) atoms. The van der Waals surface area contributed by atoms with Crippen molar-refractivity contribution in [2.75, 3.05) is 58.3 Å². The minimum atomic E-state index is 0.603. The van der Waals surface area contributed by atoms with Gasteiger partial charge in [-0.3, -0.25) is 4.90 Å². The van der Waals surface area contributed by atoms with E-state index in [1.807, 2.05) is 0 Å². The topological polar surface area (TPSA) is 48.6 Å². The van der Waals surface area contributed by atoms with Gasteiger partial charge in [-0.1, -0.05) is 0 Å². The van der Waals surface area contributed by atoms with Crippen LogP contribution in [-0.2, 0) is 6.54 Å². The van der Waals surface area contributed by atoms with Gasteiger partial charge in [0.25, 0.3) is 0 Å². The van der Waals surface area contributed by atoms with Crippen molar-refractivity contribution in [3.05, 3.63) is 10.6 Å². The highest BCUT2D eigenvalue weighted by molar-refractivity contribution is 7.15. The van der Waals surface area contributed by atoms with Gasteiger partial charge in [-0.15, -0.1) is 11.3 Å². The molecule has 2 heterocycles. The predicted octanol–water partition coefficient (Wildman–Crippen LogP) is 0.594. The number of aromatic nitrogens is 1. The number of rotatable bonds is 5. The van der Waals surface area contributed by atoms with Crippen molar-refractivity contribution in [2.45, 2.75) is 13.5 Å². The largest absolute Gasteiger partial charge is 0.346 e. The van der Waals surface area contributed by atoms with E-state index in [4.69, 9.17) is 5.73 Å². The normalized spacial score (nSPS) is 17.4. The minimum Gasteiger partial charge on any atom is -0.346 e. The molecule has 108 valence electrons. The lowest BCUT2D eigenvalue weighted by Crippen LogP contribution is -2.48. The third kappa shape index (κ3) is 3.89. The van der Waals surface area contributed by atoms with E-state index in [2.05, 4.69) is 40.7 Å². The van der Waals surface area contributed by atoms with Gasteiger partial charge in [0.1, 0.15) is 0 Å². The number of nitrogens with zero attached hydrogens (tertiary/aromatic N) is 4. The number of thiazole rings is 1. The number of hydrogen-bond donors (Lipinski definition) is 1. The lowest BCUT2D eigenvalue weighted by atomic mass is 10.3. The summed E-state index contributed by atoms with van der Waals surface area (Å²) in [5.74, 6) is 0. The standard InChI is InChI=1S/C13H25N5S/c1-11-12(10-14)19-13(15-11)18-8-6-17(7-9-18)5-4-16(2)3/h4-10,14H2,1-3H3. The fraction of sp³-hybridized carbons (Fsp3) is 0.769. The van der Waals surface area contributed by atoms with Gasteiger partial charge in [0.15, 0.2) is 5.13 Å². The van der Waals surface area contributed by atoms with Gasteiger partial charge in [-0.25, -0.2) is 4.98 Å². The van der Waals surface area contributed by atoms with Crippen molar-refractivity contribution < 1.29 is 0 Å². The van der Waals surface area contributed by atoms with E-state index in [0.29, 0.717) is 6.54 Å². The molecule has 0 radical (unpaired) electrons. The summed E-state index contributed by atoms with van der Waals surface area (Å²) in [6.07, 6.45) is 0. The zero-order chi connectivity index (χ0) is 13.8. The number of likely N-dealkylation sites (N-methyl/N-ethyl adjacent to an activating group) is 1. The Morgan fingerprint density at radius 1 is 1.26 bits per heavy atom. The second-order valence-electron chi connectivity index (χ2n) is 5.34. The Morgan fingerprint density at radius 3 is 2.47 bits per heavy atom. The van der Waals surface area contributed by atoms with Crippen molar-refractivity contribution in [1.82, 2.24) is 14.8 Å². The molecule has 2 N–H and O–H groups in total. The summed E-state index contributed by atoms with van der Waals surface area (Å²) in [6.45, 7) is 9.35. The van der Waals surface area contributed by atoms with Crippen LogP contribution >= 0.6 is 11.3 Å². The Kier molecular flexibility index (Phi) is 5.15. The summed E-state index contributed by atoms with van der Waals surface area (Å²) in [4.78, 5) is 13.0. The average Bonchev–Trinajstić information content (AvgIpc) is 2.78. The van der Waals surface area contributed by atoms with Crippen LogP contribution in [0.5, 0.6) is 0 Å². The molecule has 0 atom stereocenters. The molecule has 1 fully saturated rings. The maximum absolute atomic E-state index is 5.72. The summed E-state index contributed by atoms with van der Waals surface area (Å²) in [5, 5.41) is 1.14. The van der Waals surface area contributed by atoms with E-state index in [1.165, 1.54) is 4.88 Å². The first-order chi connectivity index (χ1) is 9.10. The molecule has 5 nitrogen and oxygen atoms in total. The Hall–Kier alpha value is -0.690. The highest BCUT2D eigenvalue weighted by Gasteiger charge is 2.20. The van der Waals surface area contributed by atoms with Crippen LogP contribution in [0.25, 0.3) is 0 Å². The summed E-state index contributed by atoms with van der Waals surface area (Å²) < 4.78 is 0. The molecule has 0 aliphatic carbocycles. The van der Waals surface area contributed by atoms with Crippen LogP contribution < -0.4 is 10.6 Å². The zero-order valence-electron chi connectivity index (χ0n) is 12.2. The van der Waals surface area contributed by atoms with Gasteiger partial charge in [0.05, 0.1) is 5.69 Å². The number of anilines is 1. The molecular weight excluding hydrogens is 258 g/mol. The van der Waals surface area contributed by atoms with E-state index in [-0.39, 0.29) is 0 Å². The van der Waals surface area contributed by atoms with Crippen LogP contribution in [0.2, 0.25) is 0 Å². The van der Waals surface area contributed by atoms with Crippen molar-refractivity contribution in [3.8, 4) is 0 Å². The molecule has 1 saturated heterocycles. The zero-order valence-corrected chi connectivity index (χ0v) is 13.0. The van der Waals surface area contributed by atoms with E-state index in [0.717, 1.165) is 50.1 Å². The molecule has 6 heteroatoms. The van der Waals surface area contributed by atoms with Gasteiger partial charge >= 0.3 is 0 Å². The third-order valence-corrected chi connectivity index (χ3v) is 4.81. The average molecular weight is 283 g/mol. The van der Waals surface area contributed by atoms with Gasteiger partial charge in [0.2, 0.25) is 0 Å². The van der Waals surface area contributed by atoms with Gasteiger partial charge < -0.3 is 15.5 Å². The van der Waals surface area contributed by atoms with Crippen LogP contribution in [0.15, 0.2) is 0 Å². The maximum atomic E-state index is 5.72. The van der Waals surface area contributed by atoms with Gasteiger partial charge in [0, 0.05) is 50.7 Å². The Balaban J connectivity index is 1.85. The van der Waals surface area contributed by atoms with Crippen LogP contribution in [0.1, 0.15) is 10.6 Å². The fourth-order valence-electron chi connectivity index (χ4n) is 2.24. The molecule has 1 aliphatic heterocycles. The van der Waals surface area contributed by atoms with Crippen LogP contribution in [-0.4, -0.2) is 68.1 Å².